The molecular formula is C31H32FIN2O3. The number of aromatic nitrogens is 1. The molecule has 0 radical (unpaired) electrons. The fourth-order valence-electron chi connectivity index (χ4n) is 5.03. The zero-order valence-electron chi connectivity index (χ0n) is 21.9. The quantitative estimate of drug-likeness (QED) is 0.211. The molecule has 1 amide bonds. The first-order chi connectivity index (χ1) is 18.2. The number of carbonyl (C=O) groups is 1. The van der Waals surface area contributed by atoms with Gasteiger partial charge in [0.1, 0.15) is 23.8 Å². The normalized spacial score (nSPS) is 14.6. The van der Waals surface area contributed by atoms with Gasteiger partial charge in [0.2, 0.25) is 0 Å². The minimum Gasteiger partial charge on any atom is -0.488 e. The zero-order chi connectivity index (χ0) is 26.9. The van der Waals surface area contributed by atoms with E-state index in [9.17, 15) is 9.18 Å². The Balaban J connectivity index is 1.51. The van der Waals surface area contributed by atoms with E-state index in [0.717, 1.165) is 44.3 Å². The molecule has 0 aliphatic carbocycles. The van der Waals surface area contributed by atoms with E-state index in [0.29, 0.717) is 19.7 Å². The fourth-order valence-corrected chi connectivity index (χ4v) is 6.25. The lowest BCUT2D eigenvalue weighted by Crippen LogP contribution is -2.41. The third-order valence-corrected chi connectivity index (χ3v) is 7.88. The number of halogens is 2. The van der Waals surface area contributed by atoms with Crippen molar-refractivity contribution in [1.82, 2.24) is 9.47 Å². The summed E-state index contributed by atoms with van der Waals surface area (Å²) in [4.78, 5) is 14.5. The molecule has 1 aliphatic heterocycles. The van der Waals surface area contributed by atoms with Crippen LogP contribution in [0.3, 0.4) is 0 Å². The number of hydrogen-bond acceptors (Lipinski definition) is 3. The van der Waals surface area contributed by atoms with Gasteiger partial charge in [-0.25, -0.2) is 9.18 Å². The second-order valence-electron chi connectivity index (χ2n) is 10.7. The molecule has 0 saturated carbocycles. The van der Waals surface area contributed by atoms with Gasteiger partial charge in [-0.3, -0.25) is 0 Å². The maximum absolute atomic E-state index is 13.9. The Morgan fingerprint density at radius 2 is 1.66 bits per heavy atom. The molecule has 0 unspecified atom stereocenters. The molecular weight excluding hydrogens is 594 g/mol. The third kappa shape index (κ3) is 5.67. The third-order valence-electron chi connectivity index (χ3n) is 6.79. The van der Waals surface area contributed by atoms with Crippen LogP contribution < -0.4 is 4.74 Å². The number of piperidine rings is 1. The second kappa shape index (κ2) is 11.0. The van der Waals surface area contributed by atoms with Crippen LogP contribution in [0.4, 0.5) is 9.18 Å². The van der Waals surface area contributed by atoms with Gasteiger partial charge < -0.3 is 18.9 Å². The number of fused-ring (bicyclic) bond motifs is 1. The van der Waals surface area contributed by atoms with E-state index in [1.165, 1.54) is 17.8 Å². The van der Waals surface area contributed by atoms with E-state index >= 15 is 0 Å². The molecule has 0 bridgehead atoms. The highest BCUT2D eigenvalue weighted by atomic mass is 127. The molecule has 7 heteroatoms. The Bertz CT molecular complexity index is 1420. The maximum Gasteiger partial charge on any atom is 0.410 e. The fraction of sp³-hybridized carbons (Fsp3) is 0.323. The molecule has 1 fully saturated rings. The van der Waals surface area contributed by atoms with Crippen molar-refractivity contribution in [3.63, 3.8) is 0 Å². The second-order valence-corrected chi connectivity index (χ2v) is 11.8. The molecule has 2 heterocycles. The van der Waals surface area contributed by atoms with Crippen molar-refractivity contribution in [1.29, 1.82) is 0 Å². The van der Waals surface area contributed by atoms with Crippen molar-refractivity contribution in [3.8, 4) is 11.4 Å². The largest absolute Gasteiger partial charge is 0.488 e. The van der Waals surface area contributed by atoms with Crippen molar-refractivity contribution in [2.75, 3.05) is 13.1 Å². The van der Waals surface area contributed by atoms with E-state index in [1.807, 2.05) is 63.2 Å². The lowest BCUT2D eigenvalue weighted by Gasteiger charge is -2.34. The van der Waals surface area contributed by atoms with Gasteiger partial charge in [0.05, 0.1) is 10.9 Å². The smallest absolute Gasteiger partial charge is 0.410 e. The lowest BCUT2D eigenvalue weighted by atomic mass is 9.93. The van der Waals surface area contributed by atoms with Crippen LogP contribution in [0.15, 0.2) is 72.8 Å². The minimum atomic E-state index is -0.519. The first-order valence-electron chi connectivity index (χ1n) is 12.9. The van der Waals surface area contributed by atoms with Gasteiger partial charge >= 0.3 is 6.09 Å². The molecule has 0 atom stereocenters. The van der Waals surface area contributed by atoms with Gasteiger partial charge in [-0.15, -0.1) is 0 Å². The number of benzene rings is 3. The number of likely N-dealkylation sites (tertiary alicyclic amines) is 1. The summed E-state index contributed by atoms with van der Waals surface area (Å²) in [7, 11) is 0. The molecule has 5 nitrogen and oxygen atoms in total. The highest BCUT2D eigenvalue weighted by Crippen LogP contribution is 2.42. The zero-order valence-corrected chi connectivity index (χ0v) is 24.1. The average molecular weight is 627 g/mol. The maximum atomic E-state index is 13.9. The molecule has 3 aromatic carbocycles. The van der Waals surface area contributed by atoms with Gasteiger partial charge in [-0.2, -0.15) is 0 Å². The summed E-state index contributed by atoms with van der Waals surface area (Å²) in [6, 6.07) is 22.9. The number of amides is 1. The van der Waals surface area contributed by atoms with Gasteiger partial charge in [-0.05, 0) is 98.2 Å². The Morgan fingerprint density at radius 3 is 2.32 bits per heavy atom. The summed E-state index contributed by atoms with van der Waals surface area (Å²) in [5.74, 6) is 0.781. The van der Waals surface area contributed by atoms with Crippen LogP contribution in [0.25, 0.3) is 16.6 Å². The van der Waals surface area contributed by atoms with Crippen molar-refractivity contribution in [2.45, 2.75) is 51.7 Å². The molecule has 5 rings (SSSR count). The van der Waals surface area contributed by atoms with Crippen LogP contribution in [0.2, 0.25) is 0 Å². The molecule has 1 aliphatic rings. The number of carbonyl (C=O) groups excluding carboxylic acids is 1. The summed E-state index contributed by atoms with van der Waals surface area (Å²) >= 11 is 2.43. The topological polar surface area (TPSA) is 43.7 Å². The highest BCUT2D eigenvalue weighted by molar-refractivity contribution is 14.1. The van der Waals surface area contributed by atoms with Crippen molar-refractivity contribution in [3.05, 3.63) is 93.4 Å². The number of rotatable bonds is 5. The molecule has 38 heavy (non-hydrogen) atoms. The van der Waals surface area contributed by atoms with Crippen LogP contribution >= 0.6 is 22.6 Å². The molecule has 1 saturated heterocycles. The summed E-state index contributed by atoms with van der Waals surface area (Å²) in [5.41, 5.74) is 3.69. The van der Waals surface area contributed by atoms with Gasteiger partial charge in [-0.1, -0.05) is 36.4 Å². The van der Waals surface area contributed by atoms with Crippen LogP contribution in [-0.4, -0.2) is 34.3 Å². The molecule has 198 valence electrons. The van der Waals surface area contributed by atoms with E-state index in [-0.39, 0.29) is 17.8 Å². The number of ether oxygens (including phenoxy) is 2. The van der Waals surface area contributed by atoms with Crippen LogP contribution in [-0.2, 0) is 11.3 Å². The summed E-state index contributed by atoms with van der Waals surface area (Å²) in [6.45, 7) is 7.38. The van der Waals surface area contributed by atoms with E-state index in [2.05, 4.69) is 45.4 Å². The van der Waals surface area contributed by atoms with E-state index in [1.54, 1.807) is 4.90 Å². The van der Waals surface area contributed by atoms with Crippen LogP contribution in [0.1, 0.15) is 50.8 Å². The first kappa shape index (κ1) is 26.5. The Kier molecular flexibility index (Phi) is 7.66. The minimum absolute atomic E-state index is 0.222. The van der Waals surface area contributed by atoms with Gasteiger partial charge in [0.15, 0.2) is 0 Å². The monoisotopic (exact) mass is 626 g/mol. The van der Waals surface area contributed by atoms with Crippen molar-refractivity contribution >= 4 is 39.6 Å². The molecule has 4 aromatic rings. The molecule has 1 aromatic heterocycles. The number of hydrogen-bond donors (Lipinski definition) is 0. The average Bonchev–Trinajstić information content (AvgIpc) is 3.20. The summed E-state index contributed by atoms with van der Waals surface area (Å²) < 4.78 is 29.2. The standard InChI is InChI=1S/C31H32FIN2O3/c1-31(2,3)38-30(36)34-18-16-22(17-19-34)29-28(33)27-25(35(29)24-14-12-23(32)13-15-24)10-7-11-26(27)37-20-21-8-5-4-6-9-21/h4-15,22H,16-20H2,1-3H3. The first-order valence-corrected chi connectivity index (χ1v) is 14.0. The Morgan fingerprint density at radius 1 is 0.974 bits per heavy atom. The Labute approximate surface area is 236 Å². The van der Waals surface area contributed by atoms with Gasteiger partial charge in [0.25, 0.3) is 0 Å². The van der Waals surface area contributed by atoms with Crippen LogP contribution in [0.5, 0.6) is 5.75 Å². The van der Waals surface area contributed by atoms with Crippen molar-refractivity contribution < 1.29 is 18.7 Å². The molecule has 0 spiro atoms. The predicted octanol–water partition coefficient (Wildman–Crippen LogP) is 8.07. The number of nitrogens with zero attached hydrogens (tertiary/aromatic N) is 2. The van der Waals surface area contributed by atoms with E-state index in [4.69, 9.17) is 9.47 Å². The van der Waals surface area contributed by atoms with Gasteiger partial charge in [0, 0.05) is 34.0 Å². The molecule has 0 N–H and O–H groups in total. The van der Waals surface area contributed by atoms with E-state index < -0.39 is 5.60 Å². The summed E-state index contributed by atoms with van der Waals surface area (Å²) in [6.07, 6.45) is 1.36. The predicted molar refractivity (Wildman–Crippen MR) is 157 cm³/mol. The SMILES string of the molecule is CC(C)(C)OC(=O)N1CCC(c2c(I)c3c(OCc4ccccc4)cccc3n2-c2ccc(F)cc2)CC1. The van der Waals surface area contributed by atoms with Crippen LogP contribution in [0, 0.1) is 9.39 Å². The summed E-state index contributed by atoms with van der Waals surface area (Å²) in [5, 5.41) is 1.05. The lowest BCUT2D eigenvalue weighted by molar-refractivity contribution is 0.0203. The Hall–Kier alpha value is -3.07. The highest BCUT2D eigenvalue weighted by Gasteiger charge is 2.32. The van der Waals surface area contributed by atoms with Crippen molar-refractivity contribution in [2.24, 2.45) is 0 Å².